The number of fused-ring (bicyclic) bond motifs is 1. The highest BCUT2D eigenvalue weighted by Gasteiger charge is 2.28. The summed E-state index contributed by atoms with van der Waals surface area (Å²) in [7, 11) is 0. The van der Waals surface area contributed by atoms with Gasteiger partial charge in [0.2, 0.25) is 5.91 Å². The van der Waals surface area contributed by atoms with Gasteiger partial charge in [-0.25, -0.2) is 4.98 Å². The summed E-state index contributed by atoms with van der Waals surface area (Å²) in [6.07, 6.45) is 6.93. The Hall–Kier alpha value is -2.51. The van der Waals surface area contributed by atoms with Crippen molar-refractivity contribution in [3.63, 3.8) is 0 Å². The second-order valence-corrected chi connectivity index (χ2v) is 12.9. The lowest BCUT2D eigenvalue weighted by molar-refractivity contribution is -0.126. The number of carbonyl (C=O) groups is 2. The minimum atomic E-state index is -0.312. The molecule has 0 spiro atoms. The number of piperidine rings is 1. The average Bonchev–Trinajstić information content (AvgIpc) is 3.58. The molecule has 0 aliphatic carbocycles. The van der Waals surface area contributed by atoms with Gasteiger partial charge in [0.05, 0.1) is 11.0 Å². The van der Waals surface area contributed by atoms with Crippen LogP contribution < -0.4 is 5.32 Å². The van der Waals surface area contributed by atoms with E-state index in [0.717, 1.165) is 75.0 Å². The zero-order valence-corrected chi connectivity index (χ0v) is 25.9. The molecule has 1 aliphatic rings. The fourth-order valence-corrected chi connectivity index (χ4v) is 6.91. The molecular formula is C33H48N4O2S. The number of aromatic nitrogens is 2. The summed E-state index contributed by atoms with van der Waals surface area (Å²) < 4.78 is 2.38. The Kier molecular flexibility index (Phi) is 11.0. The molecule has 0 bridgehead atoms. The minimum absolute atomic E-state index is 0.0253. The summed E-state index contributed by atoms with van der Waals surface area (Å²) >= 11 is 1.75. The summed E-state index contributed by atoms with van der Waals surface area (Å²) in [4.78, 5) is 35.8. The van der Waals surface area contributed by atoms with Gasteiger partial charge in [-0.15, -0.1) is 11.3 Å². The standard InChI is InChI=1S/C33H48N4O2S/c1-6-15-36-16-13-26(14-17-36)34-33(39)25(19-23(4)5)21-31(38)24-11-12-30-29(20-24)35-32(22-28-10-9-18-40-28)37(30)27(7-2)8-3/h9-12,18,20,23,25-27H,6-8,13-17,19,21-22H2,1-5H3,(H,34,39)/t25-/m1/s1. The normalized spacial score (nSPS) is 15.8. The fourth-order valence-electron chi connectivity index (χ4n) is 6.21. The van der Waals surface area contributed by atoms with Gasteiger partial charge in [-0.05, 0) is 80.6 Å². The first-order valence-electron chi connectivity index (χ1n) is 15.4. The number of nitrogens with zero attached hydrogens (tertiary/aromatic N) is 3. The van der Waals surface area contributed by atoms with Crippen molar-refractivity contribution in [3.05, 3.63) is 52.0 Å². The monoisotopic (exact) mass is 564 g/mol. The third kappa shape index (κ3) is 7.61. The number of hydrogen-bond acceptors (Lipinski definition) is 5. The van der Waals surface area contributed by atoms with E-state index >= 15 is 0 Å². The number of amides is 1. The van der Waals surface area contributed by atoms with E-state index in [9.17, 15) is 9.59 Å². The Bertz CT molecular complexity index is 1240. The highest BCUT2D eigenvalue weighted by molar-refractivity contribution is 7.09. The van der Waals surface area contributed by atoms with Crippen LogP contribution in [0.5, 0.6) is 0 Å². The summed E-state index contributed by atoms with van der Waals surface area (Å²) in [5.74, 6) is 1.14. The Labute approximate surface area is 244 Å². The number of rotatable bonds is 14. The number of likely N-dealkylation sites (tertiary alicyclic amines) is 1. The van der Waals surface area contributed by atoms with Crippen molar-refractivity contribution in [2.24, 2.45) is 11.8 Å². The Morgan fingerprint density at radius 2 is 1.85 bits per heavy atom. The van der Waals surface area contributed by atoms with Gasteiger partial charge in [-0.3, -0.25) is 9.59 Å². The average molecular weight is 565 g/mol. The molecule has 1 N–H and O–H groups in total. The van der Waals surface area contributed by atoms with E-state index in [2.05, 4.69) is 73.0 Å². The Morgan fingerprint density at radius 1 is 1.10 bits per heavy atom. The SMILES string of the molecule is CCCN1CCC(NC(=O)[C@@H](CC(=O)c2ccc3c(c2)nc(Cc2cccs2)n3C(CC)CC)CC(C)C)CC1. The van der Waals surface area contributed by atoms with Crippen molar-refractivity contribution in [3.8, 4) is 0 Å². The maximum atomic E-state index is 13.6. The summed E-state index contributed by atoms with van der Waals surface area (Å²) in [5.41, 5.74) is 2.61. The zero-order valence-electron chi connectivity index (χ0n) is 25.1. The molecule has 0 unspecified atom stereocenters. The van der Waals surface area contributed by atoms with Crippen molar-refractivity contribution in [2.45, 2.75) is 98.1 Å². The molecule has 3 aromatic rings. The van der Waals surface area contributed by atoms with E-state index in [1.54, 1.807) is 11.3 Å². The lowest BCUT2D eigenvalue weighted by atomic mass is 9.89. The number of ketones is 1. The smallest absolute Gasteiger partial charge is 0.223 e. The molecule has 2 aromatic heterocycles. The van der Waals surface area contributed by atoms with Crippen LogP contribution in [0.4, 0.5) is 0 Å². The second kappa shape index (κ2) is 14.4. The van der Waals surface area contributed by atoms with Gasteiger partial charge in [0.1, 0.15) is 5.82 Å². The molecule has 1 fully saturated rings. The van der Waals surface area contributed by atoms with Crippen LogP contribution in [0.3, 0.4) is 0 Å². The van der Waals surface area contributed by atoms with Crippen LogP contribution in [0, 0.1) is 11.8 Å². The number of benzene rings is 1. The van der Waals surface area contributed by atoms with Crippen LogP contribution in [-0.4, -0.2) is 51.8 Å². The van der Waals surface area contributed by atoms with E-state index in [0.29, 0.717) is 23.9 Å². The Balaban J connectivity index is 1.51. The van der Waals surface area contributed by atoms with Gasteiger partial charge < -0.3 is 14.8 Å². The minimum Gasteiger partial charge on any atom is -0.353 e. The molecule has 1 atom stereocenters. The number of thiophene rings is 1. The number of carbonyl (C=O) groups excluding carboxylic acids is 2. The molecule has 0 radical (unpaired) electrons. The third-order valence-corrected chi connectivity index (χ3v) is 9.21. The first kappa shape index (κ1) is 30.4. The summed E-state index contributed by atoms with van der Waals surface area (Å²) in [5, 5.41) is 5.40. The molecule has 1 amide bonds. The van der Waals surface area contributed by atoms with Crippen molar-refractivity contribution in [1.29, 1.82) is 0 Å². The predicted molar refractivity (Wildman–Crippen MR) is 166 cm³/mol. The number of imidazole rings is 1. The highest BCUT2D eigenvalue weighted by Crippen LogP contribution is 2.29. The first-order chi connectivity index (χ1) is 19.3. The molecular weight excluding hydrogens is 516 g/mol. The first-order valence-corrected chi connectivity index (χ1v) is 16.3. The molecule has 4 rings (SSSR count). The van der Waals surface area contributed by atoms with Gasteiger partial charge in [-0.1, -0.05) is 40.7 Å². The van der Waals surface area contributed by atoms with Crippen LogP contribution in [0.2, 0.25) is 0 Å². The van der Waals surface area contributed by atoms with Crippen molar-refractivity contribution >= 4 is 34.1 Å². The van der Waals surface area contributed by atoms with Crippen LogP contribution in [0.1, 0.15) is 107 Å². The molecule has 1 aliphatic heterocycles. The van der Waals surface area contributed by atoms with Gasteiger partial charge in [0.15, 0.2) is 5.78 Å². The molecule has 6 nitrogen and oxygen atoms in total. The predicted octanol–water partition coefficient (Wildman–Crippen LogP) is 7.28. The van der Waals surface area contributed by atoms with Crippen LogP contribution in [-0.2, 0) is 11.2 Å². The highest BCUT2D eigenvalue weighted by atomic mass is 32.1. The molecule has 7 heteroatoms. The molecule has 3 heterocycles. The fraction of sp³-hybridized carbons (Fsp3) is 0.606. The van der Waals surface area contributed by atoms with Crippen molar-refractivity contribution in [1.82, 2.24) is 19.8 Å². The quantitative estimate of drug-likeness (QED) is 0.209. The van der Waals surface area contributed by atoms with Crippen LogP contribution in [0.15, 0.2) is 35.7 Å². The Morgan fingerprint density at radius 3 is 2.48 bits per heavy atom. The molecule has 1 aromatic carbocycles. The van der Waals surface area contributed by atoms with E-state index in [1.807, 2.05) is 12.1 Å². The zero-order chi connectivity index (χ0) is 28.6. The van der Waals surface area contributed by atoms with Gasteiger partial charge in [0.25, 0.3) is 0 Å². The molecule has 218 valence electrons. The lowest BCUT2D eigenvalue weighted by Crippen LogP contribution is -2.46. The van der Waals surface area contributed by atoms with Crippen LogP contribution >= 0.6 is 11.3 Å². The summed E-state index contributed by atoms with van der Waals surface area (Å²) in [6, 6.07) is 10.8. The second-order valence-electron chi connectivity index (χ2n) is 11.9. The molecule has 40 heavy (non-hydrogen) atoms. The van der Waals surface area contributed by atoms with E-state index in [-0.39, 0.29) is 30.1 Å². The van der Waals surface area contributed by atoms with Gasteiger partial charge >= 0.3 is 0 Å². The summed E-state index contributed by atoms with van der Waals surface area (Å²) in [6.45, 7) is 14.1. The van der Waals surface area contributed by atoms with E-state index in [1.165, 1.54) is 4.88 Å². The number of nitrogens with one attached hydrogen (secondary N) is 1. The van der Waals surface area contributed by atoms with E-state index < -0.39 is 0 Å². The largest absolute Gasteiger partial charge is 0.353 e. The van der Waals surface area contributed by atoms with Crippen LogP contribution in [0.25, 0.3) is 11.0 Å². The van der Waals surface area contributed by atoms with Crippen molar-refractivity contribution in [2.75, 3.05) is 19.6 Å². The van der Waals surface area contributed by atoms with Gasteiger partial charge in [0, 0.05) is 54.4 Å². The van der Waals surface area contributed by atoms with Crippen molar-refractivity contribution < 1.29 is 9.59 Å². The lowest BCUT2D eigenvalue weighted by Gasteiger charge is -2.33. The molecule has 1 saturated heterocycles. The topological polar surface area (TPSA) is 67.2 Å². The maximum Gasteiger partial charge on any atom is 0.223 e. The number of hydrogen-bond donors (Lipinski definition) is 1. The van der Waals surface area contributed by atoms with Gasteiger partial charge in [-0.2, -0.15) is 0 Å². The maximum absolute atomic E-state index is 13.6. The van der Waals surface area contributed by atoms with E-state index in [4.69, 9.17) is 4.98 Å². The third-order valence-electron chi connectivity index (χ3n) is 8.34. The number of Topliss-reactive ketones (excluding diaryl/α,β-unsaturated/α-hetero) is 1. The molecule has 0 saturated carbocycles.